The van der Waals surface area contributed by atoms with Crippen molar-refractivity contribution in [3.05, 3.63) is 29.8 Å². The highest BCUT2D eigenvalue weighted by Crippen LogP contribution is 2.19. The molecule has 0 saturated carbocycles. The molecule has 1 aliphatic heterocycles. The van der Waals surface area contributed by atoms with Crippen molar-refractivity contribution >= 4 is 5.91 Å². The summed E-state index contributed by atoms with van der Waals surface area (Å²) in [4.78, 5) is 12.1. The Morgan fingerprint density at radius 3 is 2.70 bits per heavy atom. The number of hydrogen-bond donors (Lipinski definition) is 1. The van der Waals surface area contributed by atoms with Gasteiger partial charge in [0.05, 0.1) is 25.7 Å². The van der Waals surface area contributed by atoms with Gasteiger partial charge in [0.2, 0.25) is 5.91 Å². The van der Waals surface area contributed by atoms with Crippen molar-refractivity contribution < 1.29 is 14.3 Å². The number of methoxy groups -OCH3 is 1. The molecule has 1 aromatic carbocycles. The molecule has 4 nitrogen and oxygen atoms in total. The van der Waals surface area contributed by atoms with E-state index in [1.54, 1.807) is 7.11 Å². The highest BCUT2D eigenvalue weighted by Gasteiger charge is 2.25. The van der Waals surface area contributed by atoms with Crippen molar-refractivity contribution in [1.29, 1.82) is 0 Å². The zero-order valence-electron chi connectivity index (χ0n) is 12.4. The molecule has 1 amide bonds. The monoisotopic (exact) mass is 277 g/mol. The molecule has 1 fully saturated rings. The molecule has 2 rings (SSSR count). The lowest BCUT2D eigenvalue weighted by Crippen LogP contribution is -2.44. The highest BCUT2D eigenvalue weighted by atomic mass is 16.5. The van der Waals surface area contributed by atoms with Crippen LogP contribution in [0.4, 0.5) is 0 Å². The average molecular weight is 277 g/mol. The smallest absolute Gasteiger partial charge is 0.224 e. The summed E-state index contributed by atoms with van der Waals surface area (Å²) in [6.45, 7) is 4.10. The maximum Gasteiger partial charge on any atom is 0.224 e. The van der Waals surface area contributed by atoms with Gasteiger partial charge in [-0.25, -0.2) is 0 Å². The fourth-order valence-corrected chi connectivity index (χ4v) is 2.77. The van der Waals surface area contributed by atoms with E-state index in [9.17, 15) is 4.79 Å². The molecule has 4 heteroatoms. The van der Waals surface area contributed by atoms with Crippen molar-refractivity contribution in [1.82, 2.24) is 5.32 Å². The second-order valence-corrected chi connectivity index (χ2v) is 5.52. The van der Waals surface area contributed by atoms with E-state index >= 15 is 0 Å². The van der Waals surface area contributed by atoms with Crippen LogP contribution in [-0.4, -0.2) is 31.3 Å². The molecule has 0 radical (unpaired) electrons. The normalized spacial score (nSPS) is 26.1. The first kappa shape index (κ1) is 14.9. The van der Waals surface area contributed by atoms with E-state index in [0.29, 0.717) is 6.42 Å². The lowest BCUT2D eigenvalue weighted by molar-refractivity contribution is -0.122. The Morgan fingerprint density at radius 2 is 2.05 bits per heavy atom. The summed E-state index contributed by atoms with van der Waals surface area (Å²) in [7, 11) is 1.63. The fourth-order valence-electron chi connectivity index (χ4n) is 2.77. The van der Waals surface area contributed by atoms with Gasteiger partial charge in [0.15, 0.2) is 0 Å². The summed E-state index contributed by atoms with van der Waals surface area (Å²) < 4.78 is 10.8. The van der Waals surface area contributed by atoms with E-state index in [0.717, 1.165) is 24.2 Å². The second kappa shape index (κ2) is 6.75. The van der Waals surface area contributed by atoms with E-state index in [1.807, 2.05) is 24.3 Å². The maximum atomic E-state index is 12.1. The van der Waals surface area contributed by atoms with Gasteiger partial charge in [-0.3, -0.25) is 4.79 Å². The van der Waals surface area contributed by atoms with Crippen LogP contribution in [-0.2, 0) is 16.0 Å². The lowest BCUT2D eigenvalue weighted by atomic mass is 9.99. The molecule has 0 aromatic heterocycles. The van der Waals surface area contributed by atoms with Crippen molar-refractivity contribution in [3.63, 3.8) is 0 Å². The van der Waals surface area contributed by atoms with Gasteiger partial charge in [0.1, 0.15) is 5.75 Å². The minimum atomic E-state index is 0.0598. The summed E-state index contributed by atoms with van der Waals surface area (Å²) >= 11 is 0. The number of amides is 1. The molecule has 0 bridgehead atoms. The molecule has 1 N–H and O–H groups in total. The fraction of sp³-hybridized carbons (Fsp3) is 0.562. The summed E-state index contributed by atoms with van der Waals surface area (Å²) in [5.74, 6) is 0.841. The van der Waals surface area contributed by atoms with Crippen LogP contribution < -0.4 is 10.1 Å². The Bertz CT molecular complexity index is 451. The summed E-state index contributed by atoms with van der Waals surface area (Å²) in [6.07, 6.45) is 2.57. The van der Waals surface area contributed by atoms with Gasteiger partial charge in [-0.2, -0.15) is 0 Å². The van der Waals surface area contributed by atoms with E-state index < -0.39 is 0 Å². The minimum absolute atomic E-state index is 0.0598. The molecule has 20 heavy (non-hydrogen) atoms. The van der Waals surface area contributed by atoms with Crippen LogP contribution in [0.2, 0.25) is 0 Å². The second-order valence-electron chi connectivity index (χ2n) is 5.52. The number of nitrogens with one attached hydrogen (secondary N) is 1. The first-order valence-corrected chi connectivity index (χ1v) is 7.14. The van der Waals surface area contributed by atoms with Crippen LogP contribution in [0.15, 0.2) is 24.3 Å². The van der Waals surface area contributed by atoms with Gasteiger partial charge in [-0.1, -0.05) is 12.1 Å². The molecule has 0 spiro atoms. The number of hydrogen-bond acceptors (Lipinski definition) is 3. The summed E-state index contributed by atoms with van der Waals surface area (Å²) in [5, 5.41) is 3.11. The SMILES string of the molecule is COc1cccc(CC(=O)NC2C[C@@H](C)O[C@H](C)C2)c1. The quantitative estimate of drug-likeness (QED) is 0.918. The van der Waals surface area contributed by atoms with E-state index in [1.165, 1.54) is 0 Å². The topological polar surface area (TPSA) is 47.6 Å². The first-order chi connectivity index (χ1) is 9.56. The van der Waals surface area contributed by atoms with Crippen LogP contribution in [0.1, 0.15) is 32.3 Å². The van der Waals surface area contributed by atoms with Crippen LogP contribution >= 0.6 is 0 Å². The molecule has 110 valence electrons. The van der Waals surface area contributed by atoms with Gasteiger partial charge in [0, 0.05) is 6.04 Å². The Morgan fingerprint density at radius 1 is 1.35 bits per heavy atom. The van der Waals surface area contributed by atoms with Gasteiger partial charge in [0.25, 0.3) is 0 Å². The largest absolute Gasteiger partial charge is 0.497 e. The lowest BCUT2D eigenvalue weighted by Gasteiger charge is -2.32. The first-order valence-electron chi connectivity index (χ1n) is 7.14. The third-order valence-electron chi connectivity index (χ3n) is 3.56. The summed E-state index contributed by atoms with van der Waals surface area (Å²) in [6, 6.07) is 7.84. The molecule has 0 aliphatic carbocycles. The van der Waals surface area contributed by atoms with Crippen molar-refractivity contribution in [3.8, 4) is 5.75 Å². The maximum absolute atomic E-state index is 12.1. The zero-order valence-corrected chi connectivity index (χ0v) is 12.4. The third kappa shape index (κ3) is 4.23. The molecule has 1 saturated heterocycles. The number of benzene rings is 1. The van der Waals surface area contributed by atoms with Gasteiger partial charge in [-0.15, -0.1) is 0 Å². The Hall–Kier alpha value is -1.55. The van der Waals surface area contributed by atoms with Crippen molar-refractivity contribution in [2.24, 2.45) is 0 Å². The van der Waals surface area contributed by atoms with Crippen LogP contribution in [0, 0.1) is 0 Å². The van der Waals surface area contributed by atoms with Crippen LogP contribution in [0.3, 0.4) is 0 Å². The Labute approximate surface area is 120 Å². The predicted molar refractivity (Wildman–Crippen MR) is 77.9 cm³/mol. The third-order valence-corrected chi connectivity index (χ3v) is 3.56. The molecule has 1 aromatic rings. The molecule has 1 heterocycles. The number of ether oxygens (including phenoxy) is 2. The number of carbonyl (C=O) groups excluding carboxylic acids is 1. The van der Waals surface area contributed by atoms with Crippen LogP contribution in [0.5, 0.6) is 5.75 Å². The molecular formula is C16H23NO3. The molecule has 1 aliphatic rings. The molecule has 0 unspecified atom stereocenters. The van der Waals surface area contributed by atoms with Crippen LogP contribution in [0.25, 0.3) is 0 Å². The standard InChI is InChI=1S/C16H23NO3/c1-11-7-14(8-12(2)20-11)17-16(18)10-13-5-4-6-15(9-13)19-3/h4-6,9,11-12,14H,7-8,10H2,1-3H3,(H,17,18)/t11-,12-/m1/s1. The zero-order chi connectivity index (χ0) is 14.5. The predicted octanol–water partition coefficient (Wildman–Crippen LogP) is 2.31. The molecular weight excluding hydrogens is 254 g/mol. The van der Waals surface area contributed by atoms with E-state index in [4.69, 9.17) is 9.47 Å². The van der Waals surface area contributed by atoms with Gasteiger partial charge < -0.3 is 14.8 Å². The summed E-state index contributed by atoms with van der Waals surface area (Å²) in [5.41, 5.74) is 0.968. The Balaban J connectivity index is 1.88. The van der Waals surface area contributed by atoms with Crippen molar-refractivity contribution in [2.45, 2.75) is 51.4 Å². The highest BCUT2D eigenvalue weighted by molar-refractivity contribution is 5.79. The average Bonchev–Trinajstić information content (AvgIpc) is 2.37. The Kier molecular flexibility index (Phi) is 5.01. The molecule has 2 atom stereocenters. The van der Waals surface area contributed by atoms with Crippen molar-refractivity contribution in [2.75, 3.05) is 7.11 Å². The van der Waals surface area contributed by atoms with Gasteiger partial charge >= 0.3 is 0 Å². The number of carbonyl (C=O) groups is 1. The number of rotatable bonds is 4. The minimum Gasteiger partial charge on any atom is -0.497 e. The van der Waals surface area contributed by atoms with E-state index in [2.05, 4.69) is 19.2 Å². The van der Waals surface area contributed by atoms with Gasteiger partial charge in [-0.05, 0) is 44.4 Å². The van der Waals surface area contributed by atoms with E-state index in [-0.39, 0.29) is 24.2 Å².